The van der Waals surface area contributed by atoms with Crippen molar-refractivity contribution in [1.29, 1.82) is 0 Å². The predicted octanol–water partition coefficient (Wildman–Crippen LogP) is 2.91. The molecule has 0 aliphatic carbocycles. The molecule has 0 N–H and O–H groups in total. The predicted molar refractivity (Wildman–Crippen MR) is 71.4 cm³/mol. The average Bonchev–Trinajstić information content (AvgIpc) is 2.88. The molecule has 1 fully saturated rings. The van der Waals surface area contributed by atoms with E-state index >= 15 is 0 Å². The second kappa shape index (κ2) is 6.00. The normalized spacial score (nSPS) is 16.4. The lowest BCUT2D eigenvalue weighted by molar-refractivity contribution is -0.402. The van der Waals surface area contributed by atoms with Crippen LogP contribution in [0.5, 0.6) is 0 Å². The molecule has 0 atom stereocenters. The summed E-state index contributed by atoms with van der Waals surface area (Å²) in [5, 5.41) is 10.5. The third-order valence-electron chi connectivity index (χ3n) is 2.95. The van der Waals surface area contributed by atoms with E-state index in [0.717, 1.165) is 30.4 Å². The summed E-state index contributed by atoms with van der Waals surface area (Å²) in [6.07, 6.45) is 6.96. The van der Waals surface area contributed by atoms with Gasteiger partial charge in [0.1, 0.15) is 0 Å². The molecule has 1 aliphatic heterocycles. The highest BCUT2D eigenvalue weighted by molar-refractivity contribution is 5.73. The summed E-state index contributed by atoms with van der Waals surface area (Å²) in [6, 6.07) is 9.74. The Hall–Kier alpha value is -2.10. The van der Waals surface area contributed by atoms with Crippen molar-refractivity contribution in [2.24, 2.45) is 0 Å². The third kappa shape index (κ3) is 3.45. The minimum Gasteiger partial charge on any atom is -0.377 e. The van der Waals surface area contributed by atoms with Gasteiger partial charge in [0.25, 0.3) is 0 Å². The number of hydrogen-bond donors (Lipinski definition) is 0. The number of hydrogen-bond acceptors (Lipinski definition) is 3. The Morgan fingerprint density at radius 2 is 1.89 bits per heavy atom. The Morgan fingerprint density at radius 3 is 2.50 bits per heavy atom. The summed E-state index contributed by atoms with van der Waals surface area (Å²) in [5.41, 5.74) is 1.89. The molecule has 0 amide bonds. The molecule has 0 saturated carbocycles. The zero-order valence-corrected chi connectivity index (χ0v) is 10.2. The molecule has 2 rings (SSSR count). The van der Waals surface area contributed by atoms with Crippen LogP contribution < -0.4 is 0 Å². The molecule has 1 aromatic rings. The fraction of sp³-hybridized carbons (Fsp3) is 0.286. The molecular weight excluding hydrogens is 228 g/mol. The first kappa shape index (κ1) is 12.4. The molecule has 0 bridgehead atoms. The van der Waals surface area contributed by atoms with Gasteiger partial charge >= 0.3 is 0 Å². The Labute approximate surface area is 106 Å². The van der Waals surface area contributed by atoms with Crippen molar-refractivity contribution in [3.8, 4) is 0 Å². The van der Waals surface area contributed by atoms with Crippen LogP contribution in [0, 0.1) is 10.1 Å². The van der Waals surface area contributed by atoms with E-state index in [0.29, 0.717) is 0 Å². The first-order valence-corrected chi connectivity index (χ1v) is 6.09. The Morgan fingerprint density at radius 1 is 1.22 bits per heavy atom. The molecule has 18 heavy (non-hydrogen) atoms. The highest BCUT2D eigenvalue weighted by Crippen LogP contribution is 2.19. The second-order valence-corrected chi connectivity index (χ2v) is 4.29. The number of benzene rings is 1. The first-order valence-electron chi connectivity index (χ1n) is 6.09. The fourth-order valence-electron chi connectivity index (χ4n) is 2.05. The first-order chi connectivity index (χ1) is 8.75. The van der Waals surface area contributed by atoms with Crippen LogP contribution in [-0.4, -0.2) is 22.9 Å². The molecule has 94 valence electrons. The highest BCUT2D eigenvalue weighted by atomic mass is 16.6. The van der Waals surface area contributed by atoms with Crippen LogP contribution in [0.4, 0.5) is 0 Å². The molecule has 1 aromatic carbocycles. The van der Waals surface area contributed by atoms with Crippen molar-refractivity contribution in [3.05, 3.63) is 64.5 Å². The van der Waals surface area contributed by atoms with Crippen LogP contribution in [0.1, 0.15) is 18.4 Å². The molecule has 0 spiro atoms. The maximum atomic E-state index is 10.5. The molecule has 1 aliphatic rings. The minimum absolute atomic E-state index is 0.430. The van der Waals surface area contributed by atoms with Gasteiger partial charge in [0, 0.05) is 30.9 Å². The fourth-order valence-corrected chi connectivity index (χ4v) is 2.05. The number of nitro groups is 1. The van der Waals surface area contributed by atoms with E-state index in [1.165, 1.54) is 12.8 Å². The van der Waals surface area contributed by atoms with E-state index < -0.39 is 4.92 Å². The summed E-state index contributed by atoms with van der Waals surface area (Å²) in [6.45, 7) is 2.06. The zero-order valence-electron chi connectivity index (χ0n) is 10.2. The topological polar surface area (TPSA) is 46.4 Å². The van der Waals surface area contributed by atoms with Crippen LogP contribution in [0.2, 0.25) is 0 Å². The molecule has 4 nitrogen and oxygen atoms in total. The monoisotopic (exact) mass is 244 g/mol. The molecular formula is C14H16N2O2. The third-order valence-corrected chi connectivity index (χ3v) is 2.95. The number of likely N-dealkylation sites (tertiary alicyclic amines) is 1. The standard InChI is InChI=1S/C14H16N2O2/c17-16(18)11-8-14(12-15-9-4-5-10-15)13-6-2-1-3-7-13/h1-3,6-8,11-12H,4-5,9-10H2. The zero-order chi connectivity index (χ0) is 12.8. The van der Waals surface area contributed by atoms with E-state index in [1.54, 1.807) is 6.08 Å². The molecule has 4 heteroatoms. The van der Waals surface area contributed by atoms with Gasteiger partial charge in [-0.05, 0) is 18.4 Å². The van der Waals surface area contributed by atoms with Gasteiger partial charge in [0.05, 0.1) is 4.92 Å². The summed E-state index contributed by atoms with van der Waals surface area (Å²) >= 11 is 0. The van der Waals surface area contributed by atoms with Gasteiger partial charge in [0.2, 0.25) is 6.20 Å². The second-order valence-electron chi connectivity index (χ2n) is 4.29. The molecule has 1 saturated heterocycles. The lowest BCUT2D eigenvalue weighted by Crippen LogP contribution is -2.11. The Kier molecular flexibility index (Phi) is 4.12. The van der Waals surface area contributed by atoms with Crippen LogP contribution in [0.15, 0.2) is 48.8 Å². The van der Waals surface area contributed by atoms with Gasteiger partial charge in [-0.3, -0.25) is 10.1 Å². The van der Waals surface area contributed by atoms with Gasteiger partial charge < -0.3 is 4.90 Å². The molecule has 0 aromatic heterocycles. The Bertz CT molecular complexity index is 460. The van der Waals surface area contributed by atoms with Gasteiger partial charge in [-0.15, -0.1) is 0 Å². The van der Waals surface area contributed by atoms with E-state index in [1.807, 2.05) is 36.5 Å². The maximum absolute atomic E-state index is 10.5. The van der Waals surface area contributed by atoms with Crippen LogP contribution in [0.3, 0.4) is 0 Å². The van der Waals surface area contributed by atoms with E-state index in [-0.39, 0.29) is 0 Å². The lowest BCUT2D eigenvalue weighted by atomic mass is 10.1. The molecule has 1 heterocycles. The minimum atomic E-state index is -0.430. The number of allylic oxidation sites excluding steroid dienone is 2. The lowest BCUT2D eigenvalue weighted by Gasteiger charge is -2.13. The Balaban J connectivity index is 2.25. The van der Waals surface area contributed by atoms with Crippen molar-refractivity contribution in [2.45, 2.75) is 12.8 Å². The van der Waals surface area contributed by atoms with Crippen molar-refractivity contribution in [1.82, 2.24) is 4.90 Å². The summed E-state index contributed by atoms with van der Waals surface area (Å²) in [7, 11) is 0. The van der Waals surface area contributed by atoms with Crippen molar-refractivity contribution >= 4 is 5.57 Å². The van der Waals surface area contributed by atoms with E-state index in [2.05, 4.69) is 4.90 Å². The van der Waals surface area contributed by atoms with Crippen LogP contribution in [0.25, 0.3) is 5.57 Å². The van der Waals surface area contributed by atoms with Gasteiger partial charge in [-0.1, -0.05) is 30.3 Å². The van der Waals surface area contributed by atoms with Crippen LogP contribution >= 0.6 is 0 Å². The maximum Gasteiger partial charge on any atom is 0.235 e. The van der Waals surface area contributed by atoms with Gasteiger partial charge in [0.15, 0.2) is 0 Å². The largest absolute Gasteiger partial charge is 0.377 e. The van der Waals surface area contributed by atoms with Gasteiger partial charge in [-0.25, -0.2) is 0 Å². The summed E-state index contributed by atoms with van der Waals surface area (Å²) < 4.78 is 0. The van der Waals surface area contributed by atoms with Gasteiger partial charge in [-0.2, -0.15) is 0 Å². The smallest absolute Gasteiger partial charge is 0.235 e. The average molecular weight is 244 g/mol. The number of nitrogens with zero attached hydrogens (tertiary/aromatic N) is 2. The van der Waals surface area contributed by atoms with Crippen molar-refractivity contribution in [3.63, 3.8) is 0 Å². The van der Waals surface area contributed by atoms with Crippen molar-refractivity contribution in [2.75, 3.05) is 13.1 Å². The van der Waals surface area contributed by atoms with E-state index in [4.69, 9.17) is 0 Å². The van der Waals surface area contributed by atoms with Crippen molar-refractivity contribution < 1.29 is 4.92 Å². The summed E-state index contributed by atoms with van der Waals surface area (Å²) in [5.74, 6) is 0. The van der Waals surface area contributed by atoms with Crippen LogP contribution in [-0.2, 0) is 0 Å². The summed E-state index contributed by atoms with van der Waals surface area (Å²) in [4.78, 5) is 12.2. The SMILES string of the molecule is O=[N+]([O-])C=CC(=CN1CCCC1)c1ccccc1. The molecule has 0 unspecified atom stereocenters. The molecule has 0 radical (unpaired) electrons. The quantitative estimate of drug-likeness (QED) is 0.465. The van der Waals surface area contributed by atoms with E-state index in [9.17, 15) is 10.1 Å². The highest BCUT2D eigenvalue weighted by Gasteiger charge is 2.09. The number of rotatable bonds is 4.